The van der Waals surface area contributed by atoms with E-state index in [4.69, 9.17) is 14.4 Å². The molecule has 1 fully saturated rings. The first-order chi connectivity index (χ1) is 5.92. The maximum atomic E-state index is 11.4. The van der Waals surface area contributed by atoms with E-state index in [9.17, 15) is 4.57 Å². The van der Waals surface area contributed by atoms with E-state index in [1.54, 1.807) is 14.2 Å². The van der Waals surface area contributed by atoms with E-state index in [2.05, 4.69) is 0 Å². The van der Waals surface area contributed by atoms with E-state index >= 15 is 0 Å². The Morgan fingerprint density at radius 2 is 2.38 bits per heavy atom. The third-order valence-electron chi connectivity index (χ3n) is 1.96. The standard InChI is InChI=1S/C6H15B2O4P/c1-13(8,10)12-4-2-6(7)11-5(4)3-9/h4-6,9H,2-3,7-8H2,1H3/t4-,5-,6-,13?/m1/s1. The van der Waals surface area contributed by atoms with Crippen molar-refractivity contribution in [2.45, 2.75) is 24.6 Å². The van der Waals surface area contributed by atoms with Gasteiger partial charge in [0.1, 0.15) is 21.2 Å². The number of aliphatic hydroxyl groups is 1. The number of hydrogen-bond acceptors (Lipinski definition) is 4. The van der Waals surface area contributed by atoms with Crippen LogP contribution in [-0.4, -0.2) is 52.0 Å². The van der Waals surface area contributed by atoms with Gasteiger partial charge in [-0.2, -0.15) is 0 Å². The van der Waals surface area contributed by atoms with E-state index in [0.717, 1.165) is 0 Å². The van der Waals surface area contributed by atoms with Crippen LogP contribution >= 0.6 is 7.25 Å². The third kappa shape index (κ3) is 3.47. The molecule has 1 heterocycles. The summed E-state index contributed by atoms with van der Waals surface area (Å²) in [5.74, 6) is 0. The van der Waals surface area contributed by atoms with E-state index in [-0.39, 0.29) is 24.8 Å². The molecule has 0 spiro atoms. The smallest absolute Gasteiger partial charge is 0.216 e. The topological polar surface area (TPSA) is 55.8 Å². The molecule has 0 aliphatic carbocycles. The van der Waals surface area contributed by atoms with E-state index in [1.807, 2.05) is 7.85 Å². The highest BCUT2D eigenvalue weighted by Gasteiger charge is 2.35. The Balaban J connectivity index is 2.54. The molecule has 1 saturated heterocycles. The summed E-state index contributed by atoms with van der Waals surface area (Å²) in [4.78, 5) is 0. The average molecular weight is 204 g/mol. The first-order valence-corrected chi connectivity index (χ1v) is 6.94. The predicted octanol–water partition coefficient (Wildman–Crippen LogP) is -1.43. The van der Waals surface area contributed by atoms with Gasteiger partial charge >= 0.3 is 0 Å². The highest BCUT2D eigenvalue weighted by atomic mass is 31.2. The van der Waals surface area contributed by atoms with Gasteiger partial charge < -0.3 is 18.9 Å². The van der Waals surface area contributed by atoms with Crippen LogP contribution in [0, 0.1) is 0 Å². The lowest BCUT2D eigenvalue weighted by molar-refractivity contribution is 0.00539. The lowest BCUT2D eigenvalue weighted by atomic mass is 9.96. The normalized spacial score (nSPS) is 38.8. The molecule has 1 rings (SSSR count). The zero-order chi connectivity index (χ0) is 10.1. The Labute approximate surface area is 80.2 Å². The summed E-state index contributed by atoms with van der Waals surface area (Å²) in [5.41, 5.74) is 0. The van der Waals surface area contributed by atoms with Crippen molar-refractivity contribution >= 4 is 22.7 Å². The van der Waals surface area contributed by atoms with Crippen LogP contribution < -0.4 is 0 Å². The molecule has 13 heavy (non-hydrogen) atoms. The van der Waals surface area contributed by atoms with Gasteiger partial charge in [0.15, 0.2) is 0 Å². The second kappa shape index (κ2) is 4.18. The maximum Gasteiger partial charge on any atom is 0.216 e. The van der Waals surface area contributed by atoms with Crippen LogP contribution in [0.15, 0.2) is 0 Å². The Morgan fingerprint density at radius 1 is 1.77 bits per heavy atom. The van der Waals surface area contributed by atoms with Crippen LogP contribution in [0.3, 0.4) is 0 Å². The quantitative estimate of drug-likeness (QED) is 0.452. The Morgan fingerprint density at radius 3 is 2.85 bits per heavy atom. The van der Waals surface area contributed by atoms with Gasteiger partial charge in [0.25, 0.3) is 0 Å². The molecule has 0 aromatic heterocycles. The summed E-state index contributed by atoms with van der Waals surface area (Å²) in [7, 11) is 1.01. The second-order valence-corrected chi connectivity index (χ2v) is 6.51. The van der Waals surface area contributed by atoms with Crippen molar-refractivity contribution in [2.75, 3.05) is 13.3 Å². The summed E-state index contributed by atoms with van der Waals surface area (Å²) < 4.78 is 22.1. The van der Waals surface area contributed by atoms with Gasteiger partial charge in [-0.15, -0.1) is 0 Å². The lowest BCUT2D eigenvalue weighted by Crippen LogP contribution is -2.26. The molecule has 1 aliphatic heterocycles. The minimum Gasteiger partial charge on any atom is -0.394 e. The maximum absolute atomic E-state index is 11.4. The molecule has 0 saturated carbocycles. The minimum atomic E-state index is -2.48. The summed E-state index contributed by atoms with van der Waals surface area (Å²) in [5, 5.41) is 8.96. The van der Waals surface area contributed by atoms with Gasteiger partial charge in [-0.3, -0.25) is 0 Å². The minimum absolute atomic E-state index is 0.0744. The molecule has 4 nitrogen and oxygen atoms in total. The third-order valence-corrected chi connectivity index (χ3v) is 2.73. The summed E-state index contributed by atoms with van der Waals surface area (Å²) >= 11 is 0. The first kappa shape index (κ1) is 11.3. The zero-order valence-electron chi connectivity index (χ0n) is 8.27. The first-order valence-electron chi connectivity index (χ1n) is 4.42. The highest BCUT2D eigenvalue weighted by molar-refractivity contribution is 7.82. The molecule has 1 aliphatic rings. The fourth-order valence-corrected chi connectivity index (χ4v) is 2.39. The van der Waals surface area contributed by atoms with E-state index < -0.39 is 7.25 Å². The fourth-order valence-electron chi connectivity index (χ4n) is 1.52. The average Bonchev–Trinajstić information content (AvgIpc) is 2.27. The molecule has 0 amide bonds. The van der Waals surface area contributed by atoms with Crippen molar-refractivity contribution in [3.8, 4) is 0 Å². The molecular weight excluding hydrogens is 189 g/mol. The van der Waals surface area contributed by atoms with Gasteiger partial charge in [-0.1, -0.05) is 0 Å². The lowest BCUT2D eigenvalue weighted by Gasteiger charge is -2.19. The van der Waals surface area contributed by atoms with Crippen LogP contribution in [0.2, 0.25) is 0 Å². The monoisotopic (exact) mass is 204 g/mol. The summed E-state index contributed by atoms with van der Waals surface area (Å²) in [6.45, 7) is 1.50. The fraction of sp³-hybridized carbons (Fsp3) is 1.00. The molecule has 0 aromatic rings. The largest absolute Gasteiger partial charge is 0.394 e. The Kier molecular flexibility index (Phi) is 3.64. The zero-order valence-corrected chi connectivity index (χ0v) is 9.16. The van der Waals surface area contributed by atoms with Crippen molar-refractivity contribution in [2.24, 2.45) is 0 Å². The molecule has 4 atom stereocenters. The van der Waals surface area contributed by atoms with Crippen LogP contribution in [0.5, 0.6) is 0 Å². The highest BCUT2D eigenvalue weighted by Crippen LogP contribution is 2.41. The van der Waals surface area contributed by atoms with Gasteiger partial charge in [-0.25, -0.2) is 0 Å². The molecule has 74 valence electrons. The van der Waals surface area contributed by atoms with Gasteiger partial charge in [0.05, 0.1) is 12.7 Å². The van der Waals surface area contributed by atoms with Gasteiger partial charge in [0.2, 0.25) is 7.57 Å². The molecule has 1 N–H and O–H groups in total. The Bertz CT molecular complexity index is 219. The predicted molar refractivity (Wildman–Crippen MR) is 55.9 cm³/mol. The van der Waals surface area contributed by atoms with Gasteiger partial charge in [0, 0.05) is 12.7 Å². The molecular formula is C6H15B2O4P. The number of hydrogen-bond donors (Lipinski definition) is 1. The molecule has 0 radical (unpaired) electrons. The van der Waals surface area contributed by atoms with E-state index in [1.165, 1.54) is 0 Å². The van der Waals surface area contributed by atoms with Crippen molar-refractivity contribution in [3.63, 3.8) is 0 Å². The second-order valence-electron chi connectivity index (χ2n) is 3.80. The molecule has 0 bridgehead atoms. The number of ether oxygens (including phenoxy) is 1. The van der Waals surface area contributed by atoms with Crippen LogP contribution in [-0.2, 0) is 13.8 Å². The van der Waals surface area contributed by atoms with Crippen molar-refractivity contribution in [3.05, 3.63) is 0 Å². The molecule has 0 aromatic carbocycles. The van der Waals surface area contributed by atoms with Crippen LogP contribution in [0.25, 0.3) is 0 Å². The number of rotatable bonds is 3. The van der Waals surface area contributed by atoms with Crippen molar-refractivity contribution in [1.29, 1.82) is 0 Å². The van der Waals surface area contributed by atoms with Gasteiger partial charge in [-0.05, 0) is 6.42 Å². The molecule has 1 unspecified atom stereocenters. The molecule has 7 heteroatoms. The number of aliphatic hydroxyl groups excluding tert-OH is 1. The van der Waals surface area contributed by atoms with E-state index in [0.29, 0.717) is 6.42 Å². The van der Waals surface area contributed by atoms with Crippen LogP contribution in [0.1, 0.15) is 6.42 Å². The van der Waals surface area contributed by atoms with Crippen molar-refractivity contribution in [1.82, 2.24) is 0 Å². The van der Waals surface area contributed by atoms with Crippen molar-refractivity contribution < 1.29 is 18.9 Å². The van der Waals surface area contributed by atoms with Crippen LogP contribution in [0.4, 0.5) is 0 Å². The summed E-state index contributed by atoms with van der Waals surface area (Å²) in [6, 6.07) is 0.0775. The SMILES string of the molecule is B[C@H]1C[C@@H](OP(B)(C)=O)[C@@H](CO)O1. The summed E-state index contributed by atoms with van der Waals surface area (Å²) in [6.07, 6.45) is 0.167. The Hall–Kier alpha value is 0.240.